The molecule has 0 aliphatic rings. The molecular weight excluding hydrogens is 647 g/mol. The van der Waals surface area contributed by atoms with Gasteiger partial charge < -0.3 is 4.90 Å². The SMILES string of the molecule is [2H]c1c([2H])c(-c2cccc3sc4ccccc4c23)c([2H])c(N(c2c([2H])c([2H])c(-c3cccc4ccccc34)c([2H])c2[2H])c2c([2H])c([2H])c(-c3cccc4ccccc34)c([2H])c2[2H])c1[2H]. The zero-order chi connectivity index (χ0) is 44.9. The number of thiophene rings is 1. The highest BCUT2D eigenvalue weighted by molar-refractivity contribution is 7.25. The number of hydrogen-bond donors (Lipinski definition) is 0. The molecule has 1 nitrogen and oxygen atoms in total. The summed E-state index contributed by atoms with van der Waals surface area (Å²) in [6.07, 6.45) is 0. The first-order valence-corrected chi connectivity index (χ1v) is 17.6. The number of anilines is 3. The van der Waals surface area contributed by atoms with Gasteiger partial charge in [0.25, 0.3) is 0 Å². The molecule has 0 saturated heterocycles. The normalized spacial score (nSPS) is 14.7. The Hall–Kier alpha value is -6.48. The van der Waals surface area contributed by atoms with Gasteiger partial charge in [0.05, 0.1) is 16.4 Å². The highest BCUT2D eigenvalue weighted by atomic mass is 32.1. The molecule has 0 bridgehead atoms. The Balaban J connectivity index is 1.33. The number of hydrogen-bond acceptors (Lipinski definition) is 2. The zero-order valence-corrected chi connectivity index (χ0v) is 28.3. The van der Waals surface area contributed by atoms with E-state index in [1.807, 2.05) is 78.9 Å². The third-order valence-corrected chi connectivity index (χ3v) is 10.4. The largest absolute Gasteiger partial charge is 0.310 e. The van der Waals surface area contributed by atoms with Crippen molar-refractivity contribution in [3.05, 3.63) is 200 Å². The lowest BCUT2D eigenvalue weighted by atomic mass is 9.97. The molecule has 52 heavy (non-hydrogen) atoms. The van der Waals surface area contributed by atoms with Gasteiger partial charge in [-0.15, -0.1) is 11.3 Å². The highest BCUT2D eigenvalue weighted by Crippen LogP contribution is 2.43. The van der Waals surface area contributed by atoms with Gasteiger partial charge >= 0.3 is 0 Å². The summed E-state index contributed by atoms with van der Waals surface area (Å²) < 4.78 is 116. The molecule has 9 aromatic carbocycles. The molecule has 0 unspecified atom stereocenters. The van der Waals surface area contributed by atoms with Gasteiger partial charge in [0.1, 0.15) is 0 Å². The van der Waals surface area contributed by atoms with Crippen LogP contribution in [0.3, 0.4) is 0 Å². The van der Waals surface area contributed by atoms with Gasteiger partial charge in [0.15, 0.2) is 0 Å². The number of fused-ring (bicyclic) bond motifs is 5. The Labute approximate surface area is 324 Å². The van der Waals surface area contributed by atoms with Crippen LogP contribution in [0, 0.1) is 0 Å². The Morgan fingerprint density at radius 1 is 0.385 bits per heavy atom. The van der Waals surface area contributed by atoms with Crippen LogP contribution in [-0.2, 0) is 0 Å². The molecule has 0 spiro atoms. The fourth-order valence-corrected chi connectivity index (χ4v) is 8.02. The van der Waals surface area contributed by atoms with Crippen molar-refractivity contribution in [3.8, 4) is 33.4 Å². The van der Waals surface area contributed by atoms with E-state index < -0.39 is 89.6 Å². The number of rotatable bonds is 6. The maximum atomic E-state index is 9.96. The fourth-order valence-electron chi connectivity index (χ4n) is 6.89. The molecule has 0 atom stereocenters. The van der Waals surface area contributed by atoms with E-state index in [2.05, 4.69) is 0 Å². The van der Waals surface area contributed by atoms with E-state index in [4.69, 9.17) is 0 Å². The lowest BCUT2D eigenvalue weighted by molar-refractivity contribution is 1.28. The first-order chi connectivity index (χ1) is 30.8. The summed E-state index contributed by atoms with van der Waals surface area (Å²) in [5, 5.41) is 4.48. The van der Waals surface area contributed by atoms with Crippen LogP contribution >= 0.6 is 11.3 Å². The summed E-state index contributed by atoms with van der Waals surface area (Å²) in [7, 11) is 0. The maximum Gasteiger partial charge on any atom is 0.0651 e. The van der Waals surface area contributed by atoms with Crippen molar-refractivity contribution >= 4 is 70.1 Å². The molecule has 10 rings (SSSR count). The molecule has 1 aromatic heterocycles. The second-order valence-corrected chi connectivity index (χ2v) is 13.4. The molecule has 1 heterocycles. The van der Waals surface area contributed by atoms with Crippen LogP contribution in [0.25, 0.3) is 75.1 Å². The summed E-state index contributed by atoms with van der Waals surface area (Å²) in [6, 6.07) is 31.5. The van der Waals surface area contributed by atoms with Gasteiger partial charge in [0, 0.05) is 37.2 Å². The van der Waals surface area contributed by atoms with Crippen LogP contribution in [-0.4, -0.2) is 0 Å². The Morgan fingerprint density at radius 3 is 1.52 bits per heavy atom. The summed E-state index contributed by atoms with van der Waals surface area (Å²) in [5.74, 6) is 0. The van der Waals surface area contributed by atoms with Crippen molar-refractivity contribution < 1.29 is 16.4 Å². The molecule has 0 aliphatic carbocycles. The Bertz CT molecular complexity index is 3410. The molecule has 244 valence electrons. The van der Waals surface area contributed by atoms with E-state index >= 15 is 0 Å². The number of benzene rings is 9. The molecule has 2 heteroatoms. The second kappa shape index (κ2) is 12.7. The van der Waals surface area contributed by atoms with E-state index in [1.54, 1.807) is 48.5 Å². The molecule has 0 N–H and O–H groups in total. The second-order valence-electron chi connectivity index (χ2n) is 12.3. The van der Waals surface area contributed by atoms with Gasteiger partial charge in [-0.1, -0.05) is 152 Å². The monoisotopic (exact) mass is 691 g/mol. The van der Waals surface area contributed by atoms with Crippen LogP contribution in [0.2, 0.25) is 0 Å². The lowest BCUT2D eigenvalue weighted by Crippen LogP contribution is -2.10. The molecular formula is C50H33NS. The van der Waals surface area contributed by atoms with Crippen LogP contribution in [0.1, 0.15) is 16.4 Å². The average molecular weight is 692 g/mol. The van der Waals surface area contributed by atoms with E-state index in [0.29, 0.717) is 32.8 Å². The van der Waals surface area contributed by atoms with Crippen molar-refractivity contribution in [2.45, 2.75) is 0 Å². The number of nitrogens with zero attached hydrogens (tertiary/aromatic N) is 1. The van der Waals surface area contributed by atoms with Crippen molar-refractivity contribution in [3.63, 3.8) is 0 Å². The van der Waals surface area contributed by atoms with E-state index in [0.717, 1.165) is 30.5 Å². The van der Waals surface area contributed by atoms with E-state index in [1.165, 1.54) is 11.3 Å². The topological polar surface area (TPSA) is 3.24 Å². The van der Waals surface area contributed by atoms with Crippen molar-refractivity contribution in [2.75, 3.05) is 4.90 Å². The molecule has 0 amide bonds. The fraction of sp³-hybridized carbons (Fsp3) is 0. The van der Waals surface area contributed by atoms with Gasteiger partial charge in [-0.3, -0.25) is 0 Å². The maximum absolute atomic E-state index is 9.96. The average Bonchev–Trinajstić information content (AvgIpc) is 3.69. The molecule has 10 aromatic rings. The van der Waals surface area contributed by atoms with Gasteiger partial charge in [-0.05, 0) is 103 Å². The van der Waals surface area contributed by atoms with Crippen molar-refractivity contribution in [2.24, 2.45) is 0 Å². The van der Waals surface area contributed by atoms with Crippen LogP contribution in [0.4, 0.5) is 17.1 Å². The third-order valence-electron chi connectivity index (χ3n) is 9.30. The molecule has 0 aliphatic heterocycles. The summed E-state index contributed by atoms with van der Waals surface area (Å²) in [6.45, 7) is 0. The lowest BCUT2D eigenvalue weighted by Gasteiger charge is -2.26. The van der Waals surface area contributed by atoms with E-state index in [9.17, 15) is 16.4 Å². The first-order valence-electron chi connectivity index (χ1n) is 22.8. The Kier molecular flexibility index (Phi) is 4.98. The van der Waals surface area contributed by atoms with Gasteiger partial charge in [0.2, 0.25) is 0 Å². The summed E-state index contributed by atoms with van der Waals surface area (Å²) in [5.41, 5.74) is -0.504. The van der Waals surface area contributed by atoms with Gasteiger partial charge in [-0.2, -0.15) is 0 Å². The van der Waals surface area contributed by atoms with Crippen molar-refractivity contribution in [1.82, 2.24) is 0 Å². The zero-order valence-electron chi connectivity index (χ0n) is 39.5. The van der Waals surface area contributed by atoms with Crippen LogP contribution in [0.15, 0.2) is 200 Å². The minimum Gasteiger partial charge on any atom is -0.310 e. The molecule has 0 radical (unpaired) electrons. The Morgan fingerprint density at radius 2 is 0.885 bits per heavy atom. The molecule has 0 saturated carbocycles. The van der Waals surface area contributed by atoms with Crippen molar-refractivity contribution in [1.29, 1.82) is 0 Å². The van der Waals surface area contributed by atoms with E-state index in [-0.39, 0.29) is 16.7 Å². The van der Waals surface area contributed by atoms with Gasteiger partial charge in [-0.25, -0.2) is 0 Å². The minimum absolute atomic E-state index is 0.0297. The van der Waals surface area contributed by atoms with Crippen LogP contribution in [0.5, 0.6) is 0 Å². The predicted molar refractivity (Wildman–Crippen MR) is 225 cm³/mol. The summed E-state index contributed by atoms with van der Waals surface area (Å²) in [4.78, 5) is 0.915. The third kappa shape index (κ3) is 5.24. The smallest absolute Gasteiger partial charge is 0.0651 e. The standard InChI is InChI=1S/C50H33NS/c1-3-17-42-34(11-1)13-8-20-44(42)36-25-29-39(30-26-36)51(40-31-27-37(28-32-40)45-21-9-14-35-12-2-4-18-43(35)45)41-16-7-15-38(33-41)46-22-10-24-49-50(46)47-19-5-6-23-48(47)52-49/h1-33H/i7D,15D,16D,25D,26D,27D,28D,29D,30D,31D,32D,33D. The minimum atomic E-state index is -0.717. The highest BCUT2D eigenvalue weighted by Gasteiger charge is 2.17. The summed E-state index contributed by atoms with van der Waals surface area (Å²) >= 11 is 1.51. The quantitative estimate of drug-likeness (QED) is 0.168. The van der Waals surface area contributed by atoms with Crippen LogP contribution < -0.4 is 4.90 Å². The predicted octanol–water partition coefficient (Wildman–Crippen LogP) is 14.8. The molecule has 0 fully saturated rings. The first kappa shape index (κ1) is 20.4.